The topological polar surface area (TPSA) is 78.8 Å². The minimum absolute atomic E-state index is 0.0116. The van der Waals surface area contributed by atoms with Crippen molar-refractivity contribution in [2.24, 2.45) is 5.92 Å². The molecule has 106 valence electrons. The Morgan fingerprint density at radius 2 is 2.11 bits per heavy atom. The van der Waals surface area contributed by atoms with Gasteiger partial charge in [0.1, 0.15) is 11.5 Å². The second-order valence-corrected chi connectivity index (χ2v) is 4.72. The summed E-state index contributed by atoms with van der Waals surface area (Å²) in [5, 5.41) is 21.6. The van der Waals surface area contributed by atoms with Gasteiger partial charge in [0.15, 0.2) is 0 Å². The van der Waals surface area contributed by atoms with E-state index in [0.717, 1.165) is 0 Å². The van der Waals surface area contributed by atoms with Gasteiger partial charge in [0.2, 0.25) is 0 Å². The Balaban J connectivity index is 2.82. The molecule has 0 heterocycles. The van der Waals surface area contributed by atoms with Gasteiger partial charge >= 0.3 is 0 Å². The molecule has 0 aromatic heterocycles. The van der Waals surface area contributed by atoms with Gasteiger partial charge in [-0.1, -0.05) is 13.8 Å². The number of amides is 1. The molecule has 1 atom stereocenters. The van der Waals surface area contributed by atoms with Crippen molar-refractivity contribution in [2.45, 2.75) is 26.3 Å². The Bertz CT molecular complexity index is 431. The van der Waals surface area contributed by atoms with Gasteiger partial charge in [0.05, 0.1) is 12.7 Å². The maximum absolute atomic E-state index is 12.1. The molecule has 0 fully saturated rings. The highest BCUT2D eigenvalue weighted by Crippen LogP contribution is 2.23. The average molecular weight is 267 g/mol. The number of hydrogen-bond donors (Lipinski definition) is 3. The zero-order valence-electron chi connectivity index (χ0n) is 11.5. The second-order valence-electron chi connectivity index (χ2n) is 4.72. The molecule has 5 nitrogen and oxygen atoms in total. The van der Waals surface area contributed by atoms with E-state index in [4.69, 9.17) is 9.84 Å². The Hall–Kier alpha value is -1.75. The number of phenols is 1. The van der Waals surface area contributed by atoms with Gasteiger partial charge < -0.3 is 20.3 Å². The Kier molecular flexibility index (Phi) is 5.63. The van der Waals surface area contributed by atoms with Crippen LogP contribution in [0.1, 0.15) is 30.6 Å². The number of hydrogen-bond acceptors (Lipinski definition) is 4. The molecule has 1 amide bonds. The molecular weight excluding hydrogens is 246 g/mol. The van der Waals surface area contributed by atoms with Crippen LogP contribution in [0.2, 0.25) is 0 Å². The van der Waals surface area contributed by atoms with Crippen LogP contribution in [0.25, 0.3) is 0 Å². The summed E-state index contributed by atoms with van der Waals surface area (Å²) in [5.74, 6) is 0.219. The lowest BCUT2D eigenvalue weighted by Crippen LogP contribution is -2.39. The monoisotopic (exact) mass is 267 g/mol. The maximum atomic E-state index is 12.1. The van der Waals surface area contributed by atoms with Crippen LogP contribution < -0.4 is 10.1 Å². The molecule has 1 aromatic rings. The second kappa shape index (κ2) is 6.99. The molecule has 1 rings (SSSR count). The Morgan fingerprint density at radius 1 is 1.42 bits per heavy atom. The first kappa shape index (κ1) is 15.3. The maximum Gasteiger partial charge on any atom is 0.255 e. The lowest BCUT2D eigenvalue weighted by atomic mass is 10.0. The zero-order chi connectivity index (χ0) is 14.4. The van der Waals surface area contributed by atoms with Crippen LogP contribution in [0.5, 0.6) is 11.5 Å². The van der Waals surface area contributed by atoms with Gasteiger partial charge in [-0.05, 0) is 24.5 Å². The number of carbonyl (C=O) groups excluding carboxylic acids is 1. The van der Waals surface area contributed by atoms with E-state index >= 15 is 0 Å². The van der Waals surface area contributed by atoms with E-state index in [-0.39, 0.29) is 35.8 Å². The molecule has 0 aliphatic carbocycles. The number of carbonyl (C=O) groups is 1. The molecule has 5 heteroatoms. The smallest absolute Gasteiger partial charge is 0.255 e. The summed E-state index contributed by atoms with van der Waals surface area (Å²) in [5.41, 5.74) is 0.199. The summed E-state index contributed by atoms with van der Waals surface area (Å²) in [7, 11) is 1.49. The van der Waals surface area contributed by atoms with E-state index in [1.165, 1.54) is 19.2 Å². The van der Waals surface area contributed by atoms with Gasteiger partial charge in [-0.3, -0.25) is 4.79 Å². The first-order chi connectivity index (χ1) is 8.99. The zero-order valence-corrected chi connectivity index (χ0v) is 11.5. The fourth-order valence-corrected chi connectivity index (χ4v) is 1.79. The van der Waals surface area contributed by atoms with E-state index in [9.17, 15) is 9.90 Å². The van der Waals surface area contributed by atoms with Gasteiger partial charge in [0, 0.05) is 18.7 Å². The van der Waals surface area contributed by atoms with Crippen LogP contribution >= 0.6 is 0 Å². The molecule has 0 saturated heterocycles. The largest absolute Gasteiger partial charge is 0.507 e. The van der Waals surface area contributed by atoms with Crippen LogP contribution in [0.4, 0.5) is 0 Å². The number of methoxy groups -OCH3 is 1. The van der Waals surface area contributed by atoms with Gasteiger partial charge in [-0.15, -0.1) is 0 Å². The number of aliphatic hydroxyl groups excluding tert-OH is 1. The summed E-state index contributed by atoms with van der Waals surface area (Å²) in [6, 6.07) is 4.40. The average Bonchev–Trinajstić information content (AvgIpc) is 2.37. The highest BCUT2D eigenvalue weighted by molar-refractivity contribution is 5.97. The number of ether oxygens (including phenoxy) is 1. The molecule has 0 saturated carbocycles. The summed E-state index contributed by atoms with van der Waals surface area (Å²) < 4.78 is 4.96. The first-order valence-electron chi connectivity index (χ1n) is 6.28. The lowest BCUT2D eigenvalue weighted by Gasteiger charge is -2.21. The highest BCUT2D eigenvalue weighted by atomic mass is 16.5. The fraction of sp³-hybridized carbons (Fsp3) is 0.500. The number of rotatable bonds is 6. The van der Waals surface area contributed by atoms with Crippen molar-refractivity contribution < 1.29 is 19.7 Å². The minimum atomic E-state index is -0.354. The van der Waals surface area contributed by atoms with Crippen molar-refractivity contribution >= 4 is 5.91 Å². The van der Waals surface area contributed by atoms with Crippen molar-refractivity contribution in [1.82, 2.24) is 5.32 Å². The van der Waals surface area contributed by atoms with Crippen molar-refractivity contribution in [3.05, 3.63) is 23.8 Å². The summed E-state index contributed by atoms with van der Waals surface area (Å²) in [6.07, 6.45) is 0.486. The minimum Gasteiger partial charge on any atom is -0.507 e. The molecule has 3 N–H and O–H groups in total. The van der Waals surface area contributed by atoms with Crippen molar-refractivity contribution in [3.8, 4) is 11.5 Å². The standard InChI is InChI=1S/C14H21NO4/c1-9(2)12(6-7-16)15-14(18)11-5-4-10(19-3)8-13(11)17/h4-5,8-9,12,16-17H,6-7H2,1-3H3,(H,15,18). The number of aliphatic hydroxyl groups is 1. The number of aromatic hydroxyl groups is 1. The van der Waals surface area contributed by atoms with Crippen LogP contribution in [0.15, 0.2) is 18.2 Å². The molecule has 1 unspecified atom stereocenters. The quantitative estimate of drug-likeness (QED) is 0.730. The Morgan fingerprint density at radius 3 is 2.58 bits per heavy atom. The molecular formula is C14H21NO4. The van der Waals surface area contributed by atoms with Gasteiger partial charge in [-0.2, -0.15) is 0 Å². The van der Waals surface area contributed by atoms with Gasteiger partial charge in [0.25, 0.3) is 5.91 Å². The third kappa shape index (κ3) is 4.13. The highest BCUT2D eigenvalue weighted by Gasteiger charge is 2.18. The molecule has 0 spiro atoms. The molecule has 0 radical (unpaired) electrons. The van der Waals surface area contributed by atoms with Crippen molar-refractivity contribution in [2.75, 3.05) is 13.7 Å². The number of phenolic OH excluding ortho intramolecular Hbond substituents is 1. The predicted octanol–water partition coefficient (Wildman–Crippen LogP) is 1.54. The third-order valence-corrected chi connectivity index (χ3v) is 3.01. The van der Waals surface area contributed by atoms with E-state index in [0.29, 0.717) is 12.2 Å². The Labute approximate surface area is 113 Å². The van der Waals surface area contributed by atoms with Gasteiger partial charge in [-0.25, -0.2) is 0 Å². The van der Waals surface area contributed by atoms with E-state index in [1.54, 1.807) is 6.07 Å². The first-order valence-corrected chi connectivity index (χ1v) is 6.28. The fourth-order valence-electron chi connectivity index (χ4n) is 1.79. The molecule has 0 aliphatic rings. The normalized spacial score (nSPS) is 12.3. The number of nitrogens with one attached hydrogen (secondary N) is 1. The lowest BCUT2D eigenvalue weighted by molar-refractivity contribution is 0.0914. The molecule has 0 aliphatic heterocycles. The van der Waals surface area contributed by atoms with E-state index in [2.05, 4.69) is 5.32 Å². The summed E-state index contributed by atoms with van der Waals surface area (Å²) >= 11 is 0. The van der Waals surface area contributed by atoms with E-state index < -0.39 is 0 Å². The van der Waals surface area contributed by atoms with Crippen molar-refractivity contribution in [3.63, 3.8) is 0 Å². The number of benzene rings is 1. The molecule has 19 heavy (non-hydrogen) atoms. The van der Waals surface area contributed by atoms with Crippen LogP contribution in [0.3, 0.4) is 0 Å². The molecule has 1 aromatic carbocycles. The van der Waals surface area contributed by atoms with Crippen LogP contribution in [-0.4, -0.2) is 35.9 Å². The van der Waals surface area contributed by atoms with Crippen LogP contribution in [-0.2, 0) is 0 Å². The third-order valence-electron chi connectivity index (χ3n) is 3.01. The van der Waals surface area contributed by atoms with E-state index in [1.807, 2.05) is 13.8 Å². The molecule has 0 bridgehead atoms. The SMILES string of the molecule is COc1ccc(C(=O)NC(CCO)C(C)C)c(O)c1. The summed E-state index contributed by atoms with van der Waals surface area (Å²) in [4.78, 5) is 12.1. The summed E-state index contributed by atoms with van der Waals surface area (Å²) in [6.45, 7) is 3.95. The van der Waals surface area contributed by atoms with Crippen LogP contribution in [0, 0.1) is 5.92 Å². The van der Waals surface area contributed by atoms with Crippen molar-refractivity contribution in [1.29, 1.82) is 0 Å². The predicted molar refractivity (Wildman–Crippen MR) is 72.5 cm³/mol.